The number of hydrogen-bond acceptors (Lipinski definition) is 3. The molecule has 3 N–H and O–H groups in total. The van der Waals surface area contributed by atoms with Crippen LogP contribution in [-0.4, -0.2) is 42.9 Å². The molecule has 0 aromatic heterocycles. The zero-order valence-corrected chi connectivity index (χ0v) is 14.6. The highest BCUT2D eigenvalue weighted by Crippen LogP contribution is 2.60. The fraction of sp³-hybridized carbons (Fsp3) is 0.895. The van der Waals surface area contributed by atoms with E-state index in [4.69, 9.17) is 5.73 Å². The van der Waals surface area contributed by atoms with Crippen molar-refractivity contribution in [2.45, 2.75) is 51.4 Å². The van der Waals surface area contributed by atoms with Crippen molar-refractivity contribution in [3.05, 3.63) is 0 Å². The SMILES string of the molecule is NCCNC(=O)C1CCCN(C(=O)C23CC4CC(CC(C4)C2)C3)C1. The molecule has 24 heavy (non-hydrogen) atoms. The molecule has 2 amide bonds. The van der Waals surface area contributed by atoms with Crippen molar-refractivity contribution in [1.82, 2.24) is 10.2 Å². The Hall–Kier alpha value is -1.10. The third kappa shape index (κ3) is 2.85. The lowest BCUT2D eigenvalue weighted by atomic mass is 9.49. The molecule has 134 valence electrons. The number of nitrogens with zero attached hydrogens (tertiary/aromatic N) is 1. The van der Waals surface area contributed by atoms with Crippen LogP contribution < -0.4 is 11.1 Å². The minimum atomic E-state index is -0.0790. The molecule has 5 fully saturated rings. The van der Waals surface area contributed by atoms with E-state index in [0.29, 0.717) is 25.5 Å². The van der Waals surface area contributed by atoms with Crippen LogP contribution in [0.25, 0.3) is 0 Å². The van der Waals surface area contributed by atoms with Gasteiger partial charge in [0.15, 0.2) is 0 Å². The van der Waals surface area contributed by atoms with E-state index in [-0.39, 0.29) is 17.2 Å². The van der Waals surface area contributed by atoms with Crippen molar-refractivity contribution in [2.24, 2.45) is 34.8 Å². The Morgan fingerprint density at radius 3 is 2.29 bits per heavy atom. The van der Waals surface area contributed by atoms with E-state index >= 15 is 0 Å². The van der Waals surface area contributed by atoms with Gasteiger partial charge in [0.05, 0.1) is 11.3 Å². The van der Waals surface area contributed by atoms with Gasteiger partial charge >= 0.3 is 0 Å². The minimum Gasteiger partial charge on any atom is -0.355 e. The molecule has 1 heterocycles. The number of rotatable bonds is 4. The fourth-order valence-corrected chi connectivity index (χ4v) is 6.42. The van der Waals surface area contributed by atoms with Gasteiger partial charge in [0.1, 0.15) is 0 Å². The van der Waals surface area contributed by atoms with Crippen LogP contribution in [0.2, 0.25) is 0 Å². The van der Waals surface area contributed by atoms with E-state index in [1.165, 1.54) is 19.3 Å². The number of carbonyl (C=O) groups excluding carboxylic acids is 2. The number of nitrogens with two attached hydrogens (primary N) is 1. The third-order valence-electron chi connectivity index (χ3n) is 7.01. The van der Waals surface area contributed by atoms with Gasteiger partial charge in [-0.1, -0.05) is 0 Å². The zero-order valence-electron chi connectivity index (χ0n) is 14.6. The van der Waals surface area contributed by atoms with Gasteiger partial charge in [0, 0.05) is 26.2 Å². The molecule has 1 aliphatic heterocycles. The topological polar surface area (TPSA) is 75.4 Å². The zero-order chi connectivity index (χ0) is 16.7. The average molecular weight is 333 g/mol. The average Bonchev–Trinajstić information content (AvgIpc) is 2.58. The lowest BCUT2D eigenvalue weighted by Crippen LogP contribution is -2.57. The molecule has 0 aromatic rings. The lowest BCUT2D eigenvalue weighted by Gasteiger charge is -2.57. The van der Waals surface area contributed by atoms with E-state index in [2.05, 4.69) is 5.32 Å². The molecule has 5 rings (SSSR count). The molecular formula is C19H31N3O2. The number of piperidine rings is 1. The third-order valence-corrected chi connectivity index (χ3v) is 7.01. The van der Waals surface area contributed by atoms with E-state index in [0.717, 1.165) is 56.4 Å². The molecule has 4 saturated carbocycles. The van der Waals surface area contributed by atoms with E-state index in [1.54, 1.807) is 0 Å². The van der Waals surface area contributed by atoms with E-state index < -0.39 is 0 Å². The fourth-order valence-electron chi connectivity index (χ4n) is 6.42. The standard InChI is InChI=1S/C19H31N3O2/c20-3-4-21-17(23)16-2-1-5-22(12-16)18(24)19-9-13-6-14(10-19)8-15(7-13)11-19/h13-16H,1-12,20H2,(H,21,23). The summed E-state index contributed by atoms with van der Waals surface area (Å²) in [5.74, 6) is 2.75. The molecule has 4 aliphatic carbocycles. The Morgan fingerprint density at radius 2 is 1.71 bits per heavy atom. The predicted octanol–water partition coefficient (Wildman–Crippen LogP) is 1.52. The highest BCUT2D eigenvalue weighted by molar-refractivity contribution is 5.85. The Morgan fingerprint density at radius 1 is 1.08 bits per heavy atom. The number of carbonyl (C=O) groups is 2. The molecule has 1 atom stereocenters. The van der Waals surface area contributed by atoms with Gasteiger partial charge in [-0.3, -0.25) is 9.59 Å². The van der Waals surface area contributed by atoms with Gasteiger partial charge in [0.2, 0.25) is 11.8 Å². The van der Waals surface area contributed by atoms with Gasteiger partial charge in [-0.2, -0.15) is 0 Å². The van der Waals surface area contributed by atoms with Crippen LogP contribution in [0.1, 0.15) is 51.4 Å². The monoisotopic (exact) mass is 333 g/mol. The summed E-state index contributed by atoms with van der Waals surface area (Å²) in [6.07, 6.45) is 9.24. The molecule has 0 radical (unpaired) electrons. The summed E-state index contributed by atoms with van der Waals surface area (Å²) in [6.45, 7) is 2.44. The summed E-state index contributed by atoms with van der Waals surface area (Å²) >= 11 is 0. The summed E-state index contributed by atoms with van der Waals surface area (Å²) in [7, 11) is 0. The first-order valence-electron chi connectivity index (χ1n) is 9.87. The number of nitrogens with one attached hydrogen (secondary N) is 1. The van der Waals surface area contributed by atoms with E-state index in [1.807, 2.05) is 4.90 Å². The second-order valence-electron chi connectivity index (χ2n) is 8.87. The van der Waals surface area contributed by atoms with Crippen molar-refractivity contribution in [1.29, 1.82) is 0 Å². The number of hydrogen-bond donors (Lipinski definition) is 2. The van der Waals surface area contributed by atoms with Crippen molar-refractivity contribution in [3.63, 3.8) is 0 Å². The minimum absolute atomic E-state index is 0.0526. The molecule has 5 nitrogen and oxygen atoms in total. The summed E-state index contributed by atoms with van der Waals surface area (Å²) in [5.41, 5.74) is 5.39. The molecule has 4 bridgehead atoms. The highest BCUT2D eigenvalue weighted by Gasteiger charge is 2.55. The van der Waals surface area contributed by atoms with Crippen LogP contribution in [0.15, 0.2) is 0 Å². The molecule has 1 saturated heterocycles. The quantitative estimate of drug-likeness (QED) is 0.819. The predicted molar refractivity (Wildman–Crippen MR) is 92.0 cm³/mol. The molecular weight excluding hydrogens is 302 g/mol. The van der Waals surface area contributed by atoms with Gasteiger partial charge in [-0.05, 0) is 69.1 Å². The maximum absolute atomic E-state index is 13.4. The van der Waals surface area contributed by atoms with E-state index in [9.17, 15) is 9.59 Å². The smallest absolute Gasteiger partial charge is 0.228 e. The number of amides is 2. The largest absolute Gasteiger partial charge is 0.355 e. The normalized spacial score (nSPS) is 40.6. The summed E-state index contributed by atoms with van der Waals surface area (Å²) in [4.78, 5) is 27.7. The van der Waals surface area contributed by atoms with Crippen molar-refractivity contribution in [3.8, 4) is 0 Å². The summed E-state index contributed by atoms with van der Waals surface area (Å²) in [6, 6.07) is 0. The molecule has 0 spiro atoms. The molecule has 0 aromatic carbocycles. The Bertz CT molecular complexity index is 483. The second-order valence-corrected chi connectivity index (χ2v) is 8.87. The van der Waals surface area contributed by atoms with Crippen LogP contribution in [-0.2, 0) is 9.59 Å². The lowest BCUT2D eigenvalue weighted by molar-refractivity contribution is -0.160. The van der Waals surface area contributed by atoms with Gasteiger partial charge in [-0.25, -0.2) is 0 Å². The molecule has 1 unspecified atom stereocenters. The summed E-state index contributed by atoms with van der Waals surface area (Å²) < 4.78 is 0. The van der Waals surface area contributed by atoms with Crippen LogP contribution >= 0.6 is 0 Å². The highest BCUT2D eigenvalue weighted by atomic mass is 16.2. The Kier molecular flexibility index (Phi) is 4.31. The Balaban J connectivity index is 1.43. The summed E-state index contributed by atoms with van der Waals surface area (Å²) in [5, 5.41) is 2.90. The van der Waals surface area contributed by atoms with Crippen LogP contribution in [0, 0.1) is 29.1 Å². The Labute approximate surface area is 144 Å². The van der Waals surface area contributed by atoms with Crippen LogP contribution in [0.3, 0.4) is 0 Å². The van der Waals surface area contributed by atoms with Gasteiger partial charge in [0.25, 0.3) is 0 Å². The maximum Gasteiger partial charge on any atom is 0.228 e. The number of likely N-dealkylation sites (tertiary alicyclic amines) is 1. The van der Waals surface area contributed by atoms with Crippen molar-refractivity contribution >= 4 is 11.8 Å². The van der Waals surface area contributed by atoms with Gasteiger partial charge < -0.3 is 16.0 Å². The van der Waals surface area contributed by atoms with Crippen LogP contribution in [0.5, 0.6) is 0 Å². The van der Waals surface area contributed by atoms with Crippen molar-refractivity contribution < 1.29 is 9.59 Å². The second kappa shape index (κ2) is 6.32. The van der Waals surface area contributed by atoms with Crippen LogP contribution in [0.4, 0.5) is 0 Å². The first kappa shape index (κ1) is 16.4. The first-order chi connectivity index (χ1) is 11.6. The molecule has 5 heteroatoms. The van der Waals surface area contributed by atoms with Crippen molar-refractivity contribution in [2.75, 3.05) is 26.2 Å². The first-order valence-corrected chi connectivity index (χ1v) is 9.87. The maximum atomic E-state index is 13.4. The van der Waals surface area contributed by atoms with Gasteiger partial charge in [-0.15, -0.1) is 0 Å². The molecule has 5 aliphatic rings.